The van der Waals surface area contributed by atoms with Crippen LogP contribution >= 0.6 is 0 Å². The molecule has 3 aromatic carbocycles. The summed E-state index contributed by atoms with van der Waals surface area (Å²) in [5.41, 5.74) is 4.40. The van der Waals surface area contributed by atoms with E-state index >= 15 is 0 Å². The van der Waals surface area contributed by atoms with Gasteiger partial charge >= 0.3 is 197 Å². The minimum absolute atomic E-state index is 0.975. The maximum absolute atomic E-state index is 2.40. The monoisotopic (exact) mass is 523 g/mol. The third-order valence-electron chi connectivity index (χ3n) is 5.16. The number of nitrogens with zero attached hydrogens (tertiary/aromatic N) is 3. The van der Waals surface area contributed by atoms with Crippen molar-refractivity contribution in [3.05, 3.63) is 89.5 Å². The number of benzene rings is 3. The molecule has 0 radical (unpaired) electrons. The fourth-order valence-corrected chi connectivity index (χ4v) is 11.9. The van der Waals surface area contributed by atoms with Crippen LogP contribution in [0.3, 0.4) is 0 Å². The summed E-state index contributed by atoms with van der Waals surface area (Å²) in [6, 6.07) is 27.5. The summed E-state index contributed by atoms with van der Waals surface area (Å²) in [5.74, 6) is 0. The summed E-state index contributed by atoms with van der Waals surface area (Å²) in [7, 11) is 13.0. The summed E-state index contributed by atoms with van der Waals surface area (Å²) < 4.78 is 4.74. The van der Waals surface area contributed by atoms with E-state index in [0.717, 1.165) is 19.6 Å². The zero-order valence-electron chi connectivity index (χ0n) is 19.8. The zero-order valence-corrected chi connectivity index (χ0v) is 22.4. The summed E-state index contributed by atoms with van der Waals surface area (Å²) in [4.78, 5) is 6.86. The van der Waals surface area contributed by atoms with Crippen molar-refractivity contribution in [2.24, 2.45) is 0 Å². The molecule has 0 aliphatic carbocycles. The van der Waals surface area contributed by atoms with Gasteiger partial charge in [0.1, 0.15) is 0 Å². The van der Waals surface area contributed by atoms with Gasteiger partial charge in [0.25, 0.3) is 0 Å². The van der Waals surface area contributed by atoms with Crippen molar-refractivity contribution in [3.63, 3.8) is 0 Å². The molecule has 3 rings (SSSR count). The Morgan fingerprint density at radius 3 is 0.968 bits per heavy atom. The van der Waals surface area contributed by atoms with E-state index in [2.05, 4.69) is 130 Å². The normalized spacial score (nSPS) is 11.8. The van der Waals surface area contributed by atoms with Crippen LogP contribution in [0.5, 0.6) is 0 Å². The molecule has 0 unspecified atom stereocenters. The van der Waals surface area contributed by atoms with Gasteiger partial charge in [-0.15, -0.1) is 0 Å². The van der Waals surface area contributed by atoms with Crippen LogP contribution in [0, 0.1) is 0 Å². The Hall–Kier alpha value is -1.64. The van der Waals surface area contributed by atoms with Crippen LogP contribution in [0.1, 0.15) is 16.7 Å². The second-order valence-electron chi connectivity index (χ2n) is 8.93. The molecule has 31 heavy (non-hydrogen) atoms. The maximum atomic E-state index is 2.40. The molecule has 0 aliphatic rings. The van der Waals surface area contributed by atoms with Gasteiger partial charge in [0.15, 0.2) is 0 Å². The first-order valence-corrected chi connectivity index (χ1v) is 14.7. The summed E-state index contributed by atoms with van der Waals surface area (Å²) in [6.07, 6.45) is 0. The Kier molecular flexibility index (Phi) is 8.74. The van der Waals surface area contributed by atoms with E-state index in [1.165, 1.54) is 16.7 Å². The van der Waals surface area contributed by atoms with Crippen LogP contribution in [0.25, 0.3) is 0 Å². The van der Waals surface area contributed by atoms with Crippen molar-refractivity contribution in [2.75, 3.05) is 42.3 Å². The average molecular weight is 524 g/mol. The zero-order chi connectivity index (χ0) is 22.4. The van der Waals surface area contributed by atoms with Crippen LogP contribution < -0.4 is 10.5 Å². The van der Waals surface area contributed by atoms with Crippen LogP contribution in [0.15, 0.2) is 72.8 Å². The second-order valence-corrected chi connectivity index (χ2v) is 15.0. The fourth-order valence-electron chi connectivity index (χ4n) is 4.00. The number of rotatable bonds is 9. The first-order chi connectivity index (χ1) is 14.9. The molecule has 0 spiro atoms. The van der Waals surface area contributed by atoms with Gasteiger partial charge in [-0.2, -0.15) is 0 Å². The Bertz CT molecular complexity index is 854. The van der Waals surface area contributed by atoms with Crippen molar-refractivity contribution in [1.29, 1.82) is 0 Å². The third-order valence-corrected chi connectivity index (χ3v) is 13.0. The van der Waals surface area contributed by atoms with E-state index < -0.39 is 20.2 Å². The summed E-state index contributed by atoms with van der Waals surface area (Å²) in [6.45, 7) is 2.92. The first-order valence-electron chi connectivity index (χ1n) is 10.8. The molecule has 0 aromatic heterocycles. The van der Waals surface area contributed by atoms with Crippen LogP contribution in [-0.2, 0) is 19.6 Å². The molecule has 0 fully saturated rings. The van der Waals surface area contributed by atoms with Gasteiger partial charge in [0.2, 0.25) is 0 Å². The Labute approximate surface area is 196 Å². The van der Waals surface area contributed by atoms with Gasteiger partial charge in [-0.05, 0) is 0 Å². The second kappa shape index (κ2) is 11.3. The van der Waals surface area contributed by atoms with E-state index in [0.29, 0.717) is 0 Å². The van der Waals surface area contributed by atoms with Crippen molar-refractivity contribution < 1.29 is 0 Å². The predicted octanol–water partition coefficient (Wildman–Crippen LogP) is 2.39. The molecule has 0 amide bonds. The fraction of sp³-hybridized carbons (Fsp3) is 0.333. The standard InChI is InChI=1S/3C9H12N.Sb/c3*1-10(2)8-9-6-4-3-5-7-9;/h3*3-6H,8H2,1-2H3;. The van der Waals surface area contributed by atoms with Gasteiger partial charge < -0.3 is 0 Å². The summed E-state index contributed by atoms with van der Waals surface area (Å²) >= 11 is -2.29. The predicted molar refractivity (Wildman–Crippen MR) is 136 cm³/mol. The topological polar surface area (TPSA) is 9.72 Å². The Morgan fingerprint density at radius 1 is 0.452 bits per heavy atom. The van der Waals surface area contributed by atoms with E-state index in [1.54, 1.807) is 10.5 Å². The SMILES string of the molecule is CN(C)Cc1cccc[c]1[Sb]([c]1ccccc1CN(C)C)[c]1ccccc1CN(C)C. The molecule has 0 bridgehead atoms. The number of hydrogen-bond donors (Lipinski definition) is 0. The third kappa shape index (κ3) is 6.43. The van der Waals surface area contributed by atoms with Crippen molar-refractivity contribution in [1.82, 2.24) is 14.7 Å². The summed E-state index contributed by atoms with van der Waals surface area (Å²) in [5, 5.41) is 0. The molecule has 0 atom stereocenters. The van der Waals surface area contributed by atoms with E-state index in [1.807, 2.05) is 0 Å². The Balaban J connectivity index is 2.26. The van der Waals surface area contributed by atoms with Crippen molar-refractivity contribution in [3.8, 4) is 0 Å². The average Bonchev–Trinajstić information content (AvgIpc) is 2.70. The van der Waals surface area contributed by atoms with Crippen LogP contribution in [0.4, 0.5) is 0 Å². The molecular weight excluding hydrogens is 488 g/mol. The Morgan fingerprint density at radius 2 is 0.710 bits per heavy atom. The first kappa shape index (κ1) is 24.0. The van der Waals surface area contributed by atoms with Gasteiger partial charge in [0, 0.05) is 0 Å². The van der Waals surface area contributed by atoms with Gasteiger partial charge in [0.05, 0.1) is 0 Å². The van der Waals surface area contributed by atoms with E-state index in [4.69, 9.17) is 0 Å². The van der Waals surface area contributed by atoms with Crippen molar-refractivity contribution in [2.45, 2.75) is 19.6 Å². The molecule has 164 valence electrons. The molecule has 4 heteroatoms. The van der Waals surface area contributed by atoms with Gasteiger partial charge in [-0.1, -0.05) is 0 Å². The van der Waals surface area contributed by atoms with Crippen LogP contribution in [0.2, 0.25) is 0 Å². The number of hydrogen-bond acceptors (Lipinski definition) is 3. The van der Waals surface area contributed by atoms with Crippen molar-refractivity contribution >= 4 is 30.7 Å². The van der Waals surface area contributed by atoms with Gasteiger partial charge in [-0.25, -0.2) is 0 Å². The van der Waals surface area contributed by atoms with E-state index in [-0.39, 0.29) is 0 Å². The van der Waals surface area contributed by atoms with Crippen LogP contribution in [-0.4, -0.2) is 77.2 Å². The quantitative estimate of drug-likeness (QED) is 0.399. The molecule has 0 heterocycles. The molecule has 0 saturated heterocycles. The molecule has 0 saturated carbocycles. The molecule has 3 aromatic rings. The minimum atomic E-state index is -2.29. The molecule has 0 N–H and O–H groups in total. The van der Waals surface area contributed by atoms with Gasteiger partial charge in [-0.3, -0.25) is 0 Å². The molecular formula is C27H36N3Sb. The van der Waals surface area contributed by atoms with E-state index in [9.17, 15) is 0 Å². The molecule has 0 aliphatic heterocycles. The molecule has 3 nitrogen and oxygen atoms in total.